The fraction of sp³-hybridized carbons (Fsp3) is 0.353. The molecule has 3 rings (SSSR count). The maximum atomic E-state index is 6.45. The number of hydrogen-bond acceptors (Lipinski definition) is 6. The Morgan fingerprint density at radius 2 is 2.28 bits per heavy atom. The summed E-state index contributed by atoms with van der Waals surface area (Å²) in [5.74, 6) is 0.620. The average Bonchev–Trinajstić information content (AvgIpc) is 3.21. The number of furan rings is 1. The minimum Gasteiger partial charge on any atom is -0.455 e. The smallest absolute Gasteiger partial charge is 0.177 e. The van der Waals surface area contributed by atoms with Gasteiger partial charge >= 0.3 is 0 Å². The van der Waals surface area contributed by atoms with Gasteiger partial charge in [-0.15, -0.1) is 11.3 Å². The number of nitrogens with zero attached hydrogens (tertiary/aromatic N) is 1. The van der Waals surface area contributed by atoms with E-state index in [9.17, 15) is 0 Å². The lowest BCUT2D eigenvalue weighted by Gasteiger charge is -2.08. The normalized spacial score (nSPS) is 12.6. The summed E-state index contributed by atoms with van der Waals surface area (Å²) in [6.07, 6.45) is 1.24. The van der Waals surface area contributed by atoms with Crippen LogP contribution < -0.4 is 11.1 Å². The van der Waals surface area contributed by atoms with Crippen molar-refractivity contribution >= 4 is 51.3 Å². The molecule has 8 heteroatoms. The van der Waals surface area contributed by atoms with E-state index in [4.69, 9.17) is 38.1 Å². The van der Waals surface area contributed by atoms with E-state index in [-0.39, 0.29) is 6.04 Å². The molecule has 0 saturated heterocycles. The molecule has 3 aromatic heterocycles. The maximum Gasteiger partial charge on any atom is 0.177 e. The molecule has 0 aliphatic carbocycles. The standard InChI is InChI=1S/C17H19Cl2N3O2S/c1-23-5-4-10(20)7-13-15(19)16-17(24-13)12(8-14(18)22-16)21-9-11-3-2-6-25-11/h2-3,6,8,10H,4-5,7,9,20H2,1H3,(H,21,22)/t10-/m0/s1. The zero-order valence-electron chi connectivity index (χ0n) is 13.7. The van der Waals surface area contributed by atoms with Crippen molar-refractivity contribution in [1.82, 2.24) is 4.98 Å². The number of thiophene rings is 1. The first-order valence-electron chi connectivity index (χ1n) is 7.86. The molecule has 0 fully saturated rings. The molecule has 0 aliphatic rings. The molecule has 5 nitrogen and oxygen atoms in total. The fourth-order valence-electron chi connectivity index (χ4n) is 2.52. The Morgan fingerprint density at radius 3 is 3.00 bits per heavy atom. The molecule has 3 heterocycles. The van der Waals surface area contributed by atoms with Crippen molar-refractivity contribution < 1.29 is 9.15 Å². The molecule has 0 radical (unpaired) electrons. The van der Waals surface area contributed by atoms with E-state index >= 15 is 0 Å². The van der Waals surface area contributed by atoms with Crippen LogP contribution in [-0.2, 0) is 17.7 Å². The van der Waals surface area contributed by atoms with E-state index < -0.39 is 0 Å². The van der Waals surface area contributed by atoms with Crippen molar-refractivity contribution in [2.24, 2.45) is 5.73 Å². The van der Waals surface area contributed by atoms with Crippen molar-refractivity contribution in [2.75, 3.05) is 19.0 Å². The molecule has 3 N–H and O–H groups in total. The van der Waals surface area contributed by atoms with Gasteiger partial charge < -0.3 is 20.2 Å². The molecule has 0 saturated carbocycles. The molecule has 0 aromatic carbocycles. The first kappa shape index (κ1) is 18.5. The summed E-state index contributed by atoms with van der Waals surface area (Å²) in [4.78, 5) is 5.52. The number of pyridine rings is 1. The molecule has 3 aromatic rings. The van der Waals surface area contributed by atoms with E-state index in [1.165, 1.54) is 4.88 Å². The van der Waals surface area contributed by atoms with E-state index in [2.05, 4.69) is 16.4 Å². The third-order valence-electron chi connectivity index (χ3n) is 3.79. The van der Waals surface area contributed by atoms with Crippen LogP contribution in [0.1, 0.15) is 17.1 Å². The topological polar surface area (TPSA) is 73.3 Å². The third-order valence-corrected chi connectivity index (χ3v) is 5.25. The minimum atomic E-state index is -0.101. The molecule has 134 valence electrons. The maximum absolute atomic E-state index is 6.45. The summed E-state index contributed by atoms with van der Waals surface area (Å²) in [5, 5.41) is 6.20. The second-order valence-electron chi connectivity index (χ2n) is 5.69. The van der Waals surface area contributed by atoms with Crippen molar-refractivity contribution in [3.05, 3.63) is 44.4 Å². The van der Waals surface area contributed by atoms with Crippen LogP contribution in [0.15, 0.2) is 28.0 Å². The lowest BCUT2D eigenvalue weighted by molar-refractivity contribution is 0.187. The first-order chi connectivity index (χ1) is 12.1. The molecule has 25 heavy (non-hydrogen) atoms. The van der Waals surface area contributed by atoms with Gasteiger partial charge in [-0.05, 0) is 17.9 Å². The molecular weight excluding hydrogens is 381 g/mol. The van der Waals surface area contributed by atoms with Crippen LogP contribution in [-0.4, -0.2) is 24.7 Å². The Labute approximate surface area is 160 Å². The van der Waals surface area contributed by atoms with Gasteiger partial charge in [0, 0.05) is 43.7 Å². The first-order valence-corrected chi connectivity index (χ1v) is 9.50. The Kier molecular flexibility index (Phi) is 6.19. The fourth-order valence-corrected chi connectivity index (χ4v) is 3.60. The molecule has 0 spiro atoms. The molecular formula is C17H19Cl2N3O2S. The van der Waals surface area contributed by atoms with Gasteiger partial charge in [-0.2, -0.15) is 0 Å². The second kappa shape index (κ2) is 8.38. The van der Waals surface area contributed by atoms with E-state index in [1.54, 1.807) is 24.5 Å². The Morgan fingerprint density at radius 1 is 1.44 bits per heavy atom. The number of nitrogens with one attached hydrogen (secondary N) is 1. The van der Waals surface area contributed by atoms with Crippen molar-refractivity contribution in [3.63, 3.8) is 0 Å². The number of ether oxygens (including phenoxy) is 1. The highest BCUT2D eigenvalue weighted by Gasteiger charge is 2.20. The van der Waals surface area contributed by atoms with E-state index in [0.717, 1.165) is 12.1 Å². The summed E-state index contributed by atoms with van der Waals surface area (Å²) in [6.45, 7) is 1.27. The van der Waals surface area contributed by atoms with Gasteiger partial charge in [0.25, 0.3) is 0 Å². The van der Waals surface area contributed by atoms with Gasteiger partial charge in [-0.3, -0.25) is 0 Å². The summed E-state index contributed by atoms with van der Waals surface area (Å²) in [5.41, 5.74) is 8.03. The van der Waals surface area contributed by atoms with Crippen LogP contribution in [0.4, 0.5) is 5.69 Å². The molecule has 0 amide bonds. The van der Waals surface area contributed by atoms with Gasteiger partial charge in [0.1, 0.15) is 21.5 Å². The minimum absolute atomic E-state index is 0.101. The van der Waals surface area contributed by atoms with Crippen molar-refractivity contribution in [1.29, 1.82) is 0 Å². The molecule has 0 aliphatic heterocycles. The zero-order valence-corrected chi connectivity index (χ0v) is 16.0. The van der Waals surface area contributed by atoms with Crippen LogP contribution in [0.5, 0.6) is 0 Å². The number of halogens is 2. The lowest BCUT2D eigenvalue weighted by atomic mass is 10.1. The lowest BCUT2D eigenvalue weighted by Crippen LogP contribution is -2.24. The Hall–Kier alpha value is -1.31. The van der Waals surface area contributed by atoms with Gasteiger partial charge in [0.15, 0.2) is 5.58 Å². The second-order valence-corrected chi connectivity index (χ2v) is 7.49. The van der Waals surface area contributed by atoms with Crippen molar-refractivity contribution in [2.45, 2.75) is 25.4 Å². The molecule has 0 bridgehead atoms. The van der Waals surface area contributed by atoms with E-state index in [1.807, 2.05) is 11.4 Å². The van der Waals surface area contributed by atoms with E-state index in [0.29, 0.717) is 46.6 Å². The highest BCUT2D eigenvalue weighted by molar-refractivity contribution is 7.09. The average molecular weight is 400 g/mol. The Balaban J connectivity index is 1.86. The van der Waals surface area contributed by atoms with Crippen LogP contribution in [0, 0.1) is 0 Å². The Bertz CT molecular complexity index is 836. The predicted octanol–water partition coefficient (Wildman–Crippen LogP) is 4.71. The van der Waals surface area contributed by atoms with Gasteiger partial charge in [0.05, 0.1) is 5.69 Å². The molecule has 1 atom stereocenters. The summed E-state index contributed by atoms with van der Waals surface area (Å²) < 4.78 is 11.0. The summed E-state index contributed by atoms with van der Waals surface area (Å²) in [6, 6.07) is 5.72. The third kappa shape index (κ3) is 4.46. The van der Waals surface area contributed by atoms with Crippen LogP contribution >= 0.6 is 34.5 Å². The highest BCUT2D eigenvalue weighted by atomic mass is 35.5. The highest BCUT2D eigenvalue weighted by Crippen LogP contribution is 2.36. The van der Waals surface area contributed by atoms with Gasteiger partial charge in [-0.25, -0.2) is 4.98 Å². The van der Waals surface area contributed by atoms with Gasteiger partial charge in [-0.1, -0.05) is 29.3 Å². The monoisotopic (exact) mass is 399 g/mol. The number of fused-ring (bicyclic) bond motifs is 1. The zero-order chi connectivity index (χ0) is 17.8. The quantitative estimate of drug-likeness (QED) is 0.536. The largest absolute Gasteiger partial charge is 0.455 e. The predicted molar refractivity (Wildman–Crippen MR) is 104 cm³/mol. The van der Waals surface area contributed by atoms with Crippen molar-refractivity contribution in [3.8, 4) is 0 Å². The number of hydrogen-bond donors (Lipinski definition) is 2. The molecule has 0 unspecified atom stereocenters. The van der Waals surface area contributed by atoms with Crippen LogP contribution in [0.2, 0.25) is 10.2 Å². The number of nitrogens with two attached hydrogens (primary N) is 1. The number of anilines is 1. The van der Waals surface area contributed by atoms with Crippen LogP contribution in [0.3, 0.4) is 0 Å². The summed E-state index contributed by atoms with van der Waals surface area (Å²) >= 11 is 14.3. The number of aromatic nitrogens is 1. The van der Waals surface area contributed by atoms with Crippen LogP contribution in [0.25, 0.3) is 11.1 Å². The number of methoxy groups -OCH3 is 1. The summed E-state index contributed by atoms with van der Waals surface area (Å²) in [7, 11) is 1.65. The number of rotatable bonds is 8. The SMILES string of the molecule is COCC[C@H](N)Cc1oc2c(NCc3cccs3)cc(Cl)nc2c1Cl. The van der Waals surface area contributed by atoms with Gasteiger partial charge in [0.2, 0.25) is 0 Å².